The van der Waals surface area contributed by atoms with Crippen molar-refractivity contribution in [1.82, 2.24) is 5.32 Å². The van der Waals surface area contributed by atoms with Crippen LogP contribution in [0.4, 0.5) is 0 Å². The number of nitrogens with one attached hydrogen (secondary N) is 1. The van der Waals surface area contributed by atoms with Gasteiger partial charge in [0.25, 0.3) is 0 Å². The van der Waals surface area contributed by atoms with Crippen LogP contribution in [0, 0.1) is 0 Å². The Kier molecular flexibility index (Phi) is 5.35. The number of hydrogen-bond donors (Lipinski definition) is 1. The first-order valence-corrected chi connectivity index (χ1v) is 8.54. The Labute approximate surface area is 149 Å². The Bertz CT molecular complexity index is 849. The van der Waals surface area contributed by atoms with Gasteiger partial charge in [0.1, 0.15) is 0 Å². The standard InChI is InChI=1S/C18H17N3O3S/c1-23-15-7-6-14(9-16(15)24-2)13-5-3-4-12(8-13)10-19-21-18-20-17(22)11-25-18/h3-10H,11H2,1-2H3,(H,20,21,22). The minimum Gasteiger partial charge on any atom is -0.493 e. The van der Waals surface area contributed by atoms with E-state index in [9.17, 15) is 4.79 Å². The molecule has 2 aromatic carbocycles. The highest BCUT2D eigenvalue weighted by Crippen LogP contribution is 2.32. The van der Waals surface area contributed by atoms with Crippen LogP contribution >= 0.6 is 11.8 Å². The van der Waals surface area contributed by atoms with Gasteiger partial charge in [-0.2, -0.15) is 5.10 Å². The summed E-state index contributed by atoms with van der Waals surface area (Å²) < 4.78 is 10.6. The summed E-state index contributed by atoms with van der Waals surface area (Å²) in [5, 5.41) is 11.2. The molecule has 0 aliphatic carbocycles. The SMILES string of the molecule is COc1ccc(-c2cccc(C=NN=C3NC(=O)CS3)c2)cc1OC. The Hall–Kier alpha value is -2.80. The van der Waals surface area contributed by atoms with E-state index in [1.54, 1.807) is 20.4 Å². The molecule has 1 aliphatic rings. The molecule has 1 aliphatic heterocycles. The molecule has 2 aromatic rings. The van der Waals surface area contributed by atoms with Gasteiger partial charge in [0.15, 0.2) is 16.7 Å². The highest BCUT2D eigenvalue weighted by Gasteiger charge is 2.15. The smallest absolute Gasteiger partial charge is 0.236 e. The van der Waals surface area contributed by atoms with Crippen molar-refractivity contribution in [3.05, 3.63) is 48.0 Å². The van der Waals surface area contributed by atoms with Crippen molar-refractivity contribution in [1.29, 1.82) is 0 Å². The van der Waals surface area contributed by atoms with E-state index in [0.717, 1.165) is 16.7 Å². The highest BCUT2D eigenvalue weighted by atomic mass is 32.2. The van der Waals surface area contributed by atoms with Crippen LogP contribution in [0.2, 0.25) is 0 Å². The molecule has 128 valence electrons. The van der Waals surface area contributed by atoms with Gasteiger partial charge in [-0.1, -0.05) is 36.0 Å². The molecule has 25 heavy (non-hydrogen) atoms. The maximum Gasteiger partial charge on any atom is 0.236 e. The van der Waals surface area contributed by atoms with Crippen LogP contribution in [0.5, 0.6) is 11.5 Å². The Morgan fingerprint density at radius 1 is 1.08 bits per heavy atom. The van der Waals surface area contributed by atoms with Crippen molar-refractivity contribution in [3.63, 3.8) is 0 Å². The molecule has 7 heteroatoms. The molecule has 0 radical (unpaired) electrons. The number of ether oxygens (including phenoxy) is 2. The summed E-state index contributed by atoms with van der Waals surface area (Å²) in [6, 6.07) is 13.7. The number of thioether (sulfide) groups is 1. The molecular weight excluding hydrogens is 338 g/mol. The number of rotatable bonds is 5. The van der Waals surface area contributed by atoms with Gasteiger partial charge in [-0.05, 0) is 34.9 Å². The lowest BCUT2D eigenvalue weighted by molar-refractivity contribution is -0.116. The second kappa shape index (κ2) is 7.85. The maximum absolute atomic E-state index is 11.1. The average Bonchev–Trinajstić information content (AvgIpc) is 3.06. The molecule has 1 amide bonds. The monoisotopic (exact) mass is 355 g/mol. The first-order valence-electron chi connectivity index (χ1n) is 7.56. The third-order valence-electron chi connectivity index (χ3n) is 3.55. The van der Waals surface area contributed by atoms with Crippen LogP contribution in [0.25, 0.3) is 11.1 Å². The molecular formula is C18H17N3O3S. The van der Waals surface area contributed by atoms with Crippen molar-refractivity contribution in [3.8, 4) is 22.6 Å². The van der Waals surface area contributed by atoms with Crippen molar-refractivity contribution in [2.75, 3.05) is 20.0 Å². The molecule has 6 nitrogen and oxygen atoms in total. The third-order valence-corrected chi connectivity index (χ3v) is 4.41. The summed E-state index contributed by atoms with van der Waals surface area (Å²) in [5.74, 6) is 1.72. The van der Waals surface area contributed by atoms with E-state index < -0.39 is 0 Å². The number of nitrogens with zero attached hydrogens (tertiary/aromatic N) is 2. The molecule has 3 rings (SSSR count). The molecule has 0 aromatic heterocycles. The van der Waals surface area contributed by atoms with Gasteiger partial charge in [-0.25, -0.2) is 0 Å². The summed E-state index contributed by atoms with van der Waals surface area (Å²) in [4.78, 5) is 11.1. The van der Waals surface area contributed by atoms with Gasteiger partial charge >= 0.3 is 0 Å². The maximum atomic E-state index is 11.1. The third kappa shape index (κ3) is 4.19. The first-order chi connectivity index (χ1) is 12.2. The number of amidine groups is 1. The predicted octanol–water partition coefficient (Wildman–Crippen LogP) is 2.92. The Morgan fingerprint density at radius 3 is 2.60 bits per heavy atom. The minimum atomic E-state index is -0.0469. The van der Waals surface area contributed by atoms with Gasteiger partial charge in [0.2, 0.25) is 5.91 Å². The molecule has 1 N–H and O–H groups in total. The topological polar surface area (TPSA) is 72.3 Å². The van der Waals surface area contributed by atoms with Crippen molar-refractivity contribution in [2.24, 2.45) is 10.2 Å². The fraction of sp³-hybridized carbons (Fsp3) is 0.167. The van der Waals surface area contributed by atoms with Gasteiger partial charge < -0.3 is 14.8 Å². The minimum absolute atomic E-state index is 0.0469. The van der Waals surface area contributed by atoms with Crippen LogP contribution in [0.15, 0.2) is 52.7 Å². The zero-order valence-corrected chi connectivity index (χ0v) is 14.7. The number of methoxy groups -OCH3 is 2. The van der Waals surface area contributed by atoms with Crippen LogP contribution in [-0.4, -0.2) is 37.3 Å². The first kappa shape index (κ1) is 17.0. The van der Waals surface area contributed by atoms with Crippen LogP contribution in [0.3, 0.4) is 0 Å². The van der Waals surface area contributed by atoms with Gasteiger partial charge in [0, 0.05) is 0 Å². The quantitative estimate of drug-likeness (QED) is 0.661. The number of benzene rings is 2. The normalized spacial score (nSPS) is 15.6. The summed E-state index contributed by atoms with van der Waals surface area (Å²) >= 11 is 1.34. The van der Waals surface area contributed by atoms with E-state index >= 15 is 0 Å². The number of hydrogen-bond acceptors (Lipinski definition) is 6. The summed E-state index contributed by atoms with van der Waals surface area (Å²) in [7, 11) is 3.23. The van der Waals surface area contributed by atoms with Gasteiger partial charge in [0.05, 0.1) is 26.2 Å². The van der Waals surface area contributed by atoms with Crippen LogP contribution in [0.1, 0.15) is 5.56 Å². The lowest BCUT2D eigenvalue weighted by atomic mass is 10.0. The second-order valence-corrected chi connectivity index (χ2v) is 6.15. The molecule has 0 bridgehead atoms. The van der Waals surface area contributed by atoms with E-state index in [1.807, 2.05) is 42.5 Å². The second-order valence-electron chi connectivity index (χ2n) is 5.18. The summed E-state index contributed by atoms with van der Waals surface area (Å²) in [6.45, 7) is 0. The lowest BCUT2D eigenvalue weighted by Crippen LogP contribution is -2.19. The van der Waals surface area contributed by atoms with Gasteiger partial charge in [-0.3, -0.25) is 4.79 Å². The number of carbonyl (C=O) groups excluding carboxylic acids is 1. The summed E-state index contributed by atoms with van der Waals surface area (Å²) in [6.07, 6.45) is 1.66. The molecule has 0 saturated carbocycles. The Morgan fingerprint density at radius 2 is 1.88 bits per heavy atom. The molecule has 0 unspecified atom stereocenters. The largest absolute Gasteiger partial charge is 0.493 e. The Balaban J connectivity index is 1.81. The predicted molar refractivity (Wildman–Crippen MR) is 101 cm³/mol. The van der Waals surface area contributed by atoms with Crippen molar-refractivity contribution < 1.29 is 14.3 Å². The van der Waals surface area contributed by atoms with E-state index in [1.165, 1.54) is 11.8 Å². The van der Waals surface area contributed by atoms with E-state index in [2.05, 4.69) is 15.5 Å². The van der Waals surface area contributed by atoms with Crippen molar-refractivity contribution >= 4 is 29.1 Å². The van der Waals surface area contributed by atoms with Gasteiger partial charge in [-0.15, -0.1) is 5.10 Å². The fourth-order valence-corrected chi connectivity index (χ4v) is 2.97. The van der Waals surface area contributed by atoms with Crippen molar-refractivity contribution in [2.45, 2.75) is 0 Å². The number of amides is 1. The van der Waals surface area contributed by atoms with Crippen LogP contribution < -0.4 is 14.8 Å². The fourth-order valence-electron chi connectivity index (χ4n) is 2.34. The molecule has 1 saturated heterocycles. The summed E-state index contributed by atoms with van der Waals surface area (Å²) in [5.41, 5.74) is 2.95. The van der Waals surface area contributed by atoms with Crippen LogP contribution in [-0.2, 0) is 4.79 Å². The number of carbonyl (C=O) groups is 1. The molecule has 1 fully saturated rings. The average molecular weight is 355 g/mol. The van der Waals surface area contributed by atoms with E-state index in [0.29, 0.717) is 22.4 Å². The van der Waals surface area contributed by atoms with E-state index in [-0.39, 0.29) is 5.91 Å². The molecule has 1 heterocycles. The molecule has 0 spiro atoms. The van der Waals surface area contributed by atoms with E-state index in [4.69, 9.17) is 9.47 Å². The molecule has 0 atom stereocenters. The zero-order chi connectivity index (χ0) is 17.6. The zero-order valence-electron chi connectivity index (χ0n) is 13.9. The lowest BCUT2D eigenvalue weighted by Gasteiger charge is -2.10. The highest BCUT2D eigenvalue weighted by molar-refractivity contribution is 8.15.